The van der Waals surface area contributed by atoms with Crippen molar-refractivity contribution in [2.24, 2.45) is 5.11 Å². The lowest BCUT2D eigenvalue weighted by atomic mass is 10.3. The summed E-state index contributed by atoms with van der Waals surface area (Å²) >= 11 is 0. The molecule has 0 fully saturated rings. The van der Waals surface area contributed by atoms with E-state index < -0.39 is 0 Å². The van der Waals surface area contributed by atoms with Crippen LogP contribution < -0.4 is 9.47 Å². The maximum absolute atomic E-state index is 8.13. The smallest absolute Gasteiger partial charge is 0.169 e. The van der Waals surface area contributed by atoms with Crippen molar-refractivity contribution in [3.8, 4) is 11.5 Å². The summed E-state index contributed by atoms with van der Waals surface area (Å²) in [7, 11) is 0. The summed E-state index contributed by atoms with van der Waals surface area (Å²) in [5.74, 6) is 1.80. The fraction of sp³-hybridized carbons (Fsp3) is 0.111. The first-order valence-corrected chi connectivity index (χ1v) is 4.03. The van der Waals surface area contributed by atoms with E-state index in [1.807, 2.05) is 12.1 Å². The van der Waals surface area contributed by atoms with Gasteiger partial charge in [0.05, 0.1) is 6.54 Å². The van der Waals surface area contributed by atoms with Gasteiger partial charge in [-0.2, -0.15) is 0 Å². The highest BCUT2D eigenvalue weighted by atomic mass is 16.6. The Bertz CT molecular complexity index is 422. The standard InChI is InChI=1S/C9H7N3O2/c10-12-11-5-7-6-13-8-3-1-2-4-9(8)14-7/h1-4,6H,5H2. The Balaban J connectivity index is 2.16. The Morgan fingerprint density at radius 1 is 1.29 bits per heavy atom. The van der Waals surface area contributed by atoms with E-state index in [9.17, 15) is 0 Å². The highest BCUT2D eigenvalue weighted by Gasteiger charge is 2.11. The molecule has 0 N–H and O–H groups in total. The number of fused-ring (bicyclic) bond motifs is 1. The van der Waals surface area contributed by atoms with Crippen molar-refractivity contribution >= 4 is 0 Å². The summed E-state index contributed by atoms with van der Waals surface area (Å²) in [6, 6.07) is 7.29. The quantitative estimate of drug-likeness (QED) is 0.407. The number of ether oxygens (including phenoxy) is 2. The van der Waals surface area contributed by atoms with E-state index in [4.69, 9.17) is 15.0 Å². The van der Waals surface area contributed by atoms with Crippen molar-refractivity contribution in [3.63, 3.8) is 0 Å². The topological polar surface area (TPSA) is 67.2 Å². The number of rotatable bonds is 2. The van der Waals surface area contributed by atoms with E-state index in [1.54, 1.807) is 12.1 Å². The van der Waals surface area contributed by atoms with E-state index >= 15 is 0 Å². The van der Waals surface area contributed by atoms with Crippen LogP contribution in [0.4, 0.5) is 0 Å². The largest absolute Gasteiger partial charge is 0.458 e. The van der Waals surface area contributed by atoms with E-state index in [0.29, 0.717) is 17.3 Å². The second kappa shape index (κ2) is 3.72. The number of para-hydroxylation sites is 2. The molecule has 5 heteroatoms. The zero-order chi connectivity index (χ0) is 9.80. The SMILES string of the molecule is [N-]=[N+]=NCC1=COc2ccccc2O1. The number of azide groups is 1. The van der Waals surface area contributed by atoms with E-state index in [-0.39, 0.29) is 6.54 Å². The van der Waals surface area contributed by atoms with Crippen molar-refractivity contribution in [1.82, 2.24) is 0 Å². The van der Waals surface area contributed by atoms with Crippen LogP contribution >= 0.6 is 0 Å². The first-order valence-electron chi connectivity index (χ1n) is 4.03. The molecule has 1 aliphatic rings. The minimum absolute atomic E-state index is 0.158. The molecular formula is C9H7N3O2. The first kappa shape index (κ1) is 8.47. The molecule has 0 saturated heterocycles. The molecule has 1 aliphatic heterocycles. The third-order valence-electron chi connectivity index (χ3n) is 1.70. The summed E-state index contributed by atoms with van der Waals surface area (Å²) in [4.78, 5) is 2.63. The second-order valence-corrected chi connectivity index (χ2v) is 2.64. The van der Waals surface area contributed by atoms with Crippen LogP contribution in [0.3, 0.4) is 0 Å². The van der Waals surface area contributed by atoms with Crippen LogP contribution in [-0.2, 0) is 0 Å². The fourth-order valence-electron chi connectivity index (χ4n) is 1.10. The van der Waals surface area contributed by atoms with Crippen molar-refractivity contribution in [1.29, 1.82) is 0 Å². The predicted molar refractivity (Wildman–Crippen MR) is 49.8 cm³/mol. The third-order valence-corrected chi connectivity index (χ3v) is 1.70. The highest BCUT2D eigenvalue weighted by Crippen LogP contribution is 2.31. The molecule has 1 heterocycles. The van der Waals surface area contributed by atoms with Gasteiger partial charge in [0, 0.05) is 4.91 Å². The Labute approximate surface area is 80.2 Å². The molecule has 1 aromatic rings. The summed E-state index contributed by atoms with van der Waals surface area (Å²) < 4.78 is 10.7. The Morgan fingerprint density at radius 2 is 2.07 bits per heavy atom. The van der Waals surface area contributed by atoms with Crippen molar-refractivity contribution in [3.05, 3.63) is 46.7 Å². The molecule has 0 amide bonds. The lowest BCUT2D eigenvalue weighted by Crippen LogP contribution is -2.06. The van der Waals surface area contributed by atoms with Gasteiger partial charge in [0.15, 0.2) is 11.5 Å². The molecule has 1 aromatic carbocycles. The third kappa shape index (κ3) is 1.62. The molecule has 70 valence electrons. The summed E-state index contributed by atoms with van der Waals surface area (Å²) in [6.07, 6.45) is 1.44. The number of nitrogens with zero attached hydrogens (tertiary/aromatic N) is 3. The van der Waals surface area contributed by atoms with E-state index in [0.717, 1.165) is 0 Å². The first-order chi connectivity index (χ1) is 6.90. The molecule has 0 spiro atoms. The van der Waals surface area contributed by atoms with Gasteiger partial charge in [0.25, 0.3) is 0 Å². The minimum atomic E-state index is 0.158. The van der Waals surface area contributed by atoms with Crippen molar-refractivity contribution in [2.45, 2.75) is 0 Å². The molecule has 2 rings (SSSR count). The van der Waals surface area contributed by atoms with Gasteiger partial charge in [-0.3, -0.25) is 0 Å². The van der Waals surface area contributed by atoms with Crippen LogP contribution in [0, 0.1) is 0 Å². The average Bonchev–Trinajstić information content (AvgIpc) is 2.26. The fourth-order valence-corrected chi connectivity index (χ4v) is 1.10. The van der Waals surface area contributed by atoms with Gasteiger partial charge in [-0.15, -0.1) is 0 Å². The van der Waals surface area contributed by atoms with Crippen LogP contribution in [0.5, 0.6) is 11.5 Å². The van der Waals surface area contributed by atoms with Gasteiger partial charge < -0.3 is 9.47 Å². The van der Waals surface area contributed by atoms with Gasteiger partial charge in [-0.05, 0) is 17.7 Å². The van der Waals surface area contributed by atoms with Crippen LogP contribution in [0.15, 0.2) is 41.4 Å². The highest BCUT2D eigenvalue weighted by molar-refractivity contribution is 5.42. The van der Waals surface area contributed by atoms with Gasteiger partial charge in [0.2, 0.25) is 0 Å². The molecular weight excluding hydrogens is 182 g/mol. The molecule has 0 unspecified atom stereocenters. The molecule has 0 bridgehead atoms. The zero-order valence-electron chi connectivity index (χ0n) is 7.25. The minimum Gasteiger partial charge on any atom is -0.458 e. The van der Waals surface area contributed by atoms with E-state index in [1.165, 1.54) is 6.26 Å². The van der Waals surface area contributed by atoms with E-state index in [2.05, 4.69) is 10.0 Å². The maximum atomic E-state index is 8.13. The lowest BCUT2D eigenvalue weighted by Gasteiger charge is -2.16. The summed E-state index contributed by atoms with van der Waals surface area (Å²) in [5, 5.41) is 3.38. The molecule has 5 nitrogen and oxygen atoms in total. The molecule has 0 atom stereocenters. The van der Waals surface area contributed by atoms with Crippen LogP contribution in [-0.4, -0.2) is 6.54 Å². The molecule has 0 aromatic heterocycles. The van der Waals surface area contributed by atoms with Crippen molar-refractivity contribution in [2.75, 3.05) is 6.54 Å². The van der Waals surface area contributed by atoms with Gasteiger partial charge >= 0.3 is 0 Å². The Morgan fingerprint density at radius 3 is 2.86 bits per heavy atom. The molecule has 0 aliphatic carbocycles. The van der Waals surface area contributed by atoms with Crippen LogP contribution in [0.2, 0.25) is 0 Å². The predicted octanol–water partition coefficient (Wildman–Crippen LogP) is 2.61. The Kier molecular flexibility index (Phi) is 2.25. The van der Waals surface area contributed by atoms with Crippen LogP contribution in [0.1, 0.15) is 0 Å². The molecule has 0 saturated carbocycles. The number of hydrogen-bond donors (Lipinski definition) is 0. The monoisotopic (exact) mass is 189 g/mol. The number of benzene rings is 1. The normalized spacial score (nSPS) is 12.7. The Hall–Kier alpha value is -2.13. The maximum Gasteiger partial charge on any atom is 0.169 e. The van der Waals surface area contributed by atoms with Gasteiger partial charge in [-0.25, -0.2) is 0 Å². The molecule has 14 heavy (non-hydrogen) atoms. The average molecular weight is 189 g/mol. The number of hydrogen-bond acceptors (Lipinski definition) is 3. The van der Waals surface area contributed by atoms with Gasteiger partial charge in [-0.1, -0.05) is 17.2 Å². The summed E-state index contributed by atoms with van der Waals surface area (Å²) in [6.45, 7) is 0.158. The lowest BCUT2D eigenvalue weighted by molar-refractivity contribution is 0.321. The second-order valence-electron chi connectivity index (χ2n) is 2.64. The molecule has 0 radical (unpaired) electrons. The van der Waals surface area contributed by atoms with Crippen LogP contribution in [0.25, 0.3) is 10.4 Å². The van der Waals surface area contributed by atoms with Crippen molar-refractivity contribution < 1.29 is 9.47 Å². The summed E-state index contributed by atoms with van der Waals surface area (Å²) in [5.41, 5.74) is 8.13. The van der Waals surface area contributed by atoms with Gasteiger partial charge in [0.1, 0.15) is 12.0 Å². The zero-order valence-corrected chi connectivity index (χ0v) is 7.25.